The number of hydrogen-bond acceptors (Lipinski definition) is 8. The van der Waals surface area contributed by atoms with Crippen LogP contribution < -0.4 is 5.32 Å². The maximum atomic E-state index is 15.3. The normalized spacial score (nSPS) is 34.8. The summed E-state index contributed by atoms with van der Waals surface area (Å²) in [6.45, 7) is 1.80. The molecule has 0 spiro atoms. The molecule has 10 heteroatoms. The zero-order valence-electron chi connectivity index (χ0n) is 13.8. The van der Waals surface area contributed by atoms with E-state index in [1.165, 1.54) is 6.92 Å². The molecule has 2 rings (SSSR count). The van der Waals surface area contributed by atoms with Gasteiger partial charge in [0.2, 0.25) is 12.3 Å². The van der Waals surface area contributed by atoms with Gasteiger partial charge in [-0.05, 0) is 13.8 Å². The largest absolute Gasteiger partial charge is 0.456 e. The van der Waals surface area contributed by atoms with E-state index in [9.17, 15) is 24.6 Å². The molecule has 0 aromatic rings. The zero-order valence-corrected chi connectivity index (χ0v) is 13.8. The number of carbonyl (C=O) groups excluding carboxylic acids is 3. The number of esters is 1. The van der Waals surface area contributed by atoms with E-state index in [4.69, 9.17) is 9.47 Å². The third kappa shape index (κ3) is 4.14. The number of ketones is 1. The van der Waals surface area contributed by atoms with E-state index in [1.807, 2.05) is 0 Å². The van der Waals surface area contributed by atoms with Crippen LogP contribution in [0.2, 0.25) is 0 Å². The maximum absolute atomic E-state index is 15.3. The number of hydrogen-bond donors (Lipinski definition) is 3. The Labute approximate surface area is 143 Å². The van der Waals surface area contributed by atoms with Crippen LogP contribution in [0.1, 0.15) is 26.7 Å². The Morgan fingerprint density at radius 3 is 2.72 bits per heavy atom. The Hall–Kier alpha value is -2.04. The highest BCUT2D eigenvalue weighted by Crippen LogP contribution is 2.39. The fourth-order valence-electron chi connectivity index (χ4n) is 2.74. The lowest BCUT2D eigenvalue weighted by molar-refractivity contribution is -0.162. The van der Waals surface area contributed by atoms with Crippen molar-refractivity contribution in [3.8, 4) is 0 Å². The van der Waals surface area contributed by atoms with Crippen molar-refractivity contribution in [3.05, 3.63) is 12.3 Å². The van der Waals surface area contributed by atoms with Crippen LogP contribution in [-0.4, -0.2) is 69.8 Å². The molecule has 0 bridgehead atoms. The van der Waals surface area contributed by atoms with Gasteiger partial charge in [0.05, 0.1) is 13.0 Å². The van der Waals surface area contributed by atoms with Crippen LogP contribution >= 0.6 is 0 Å². The average molecular weight is 360 g/mol. The molecule has 0 saturated carbocycles. The standard InChI is InChI=1S/C15H21FN2O7/c1-8(20)3-4-11(22)25-12-9(7-19)24-13(15(12,2)16)18-6-5-10(21)17-14(18)23/h5-6,9,12-14,19,23H,3-4,7H2,1-2H3,(H,17,21). The van der Waals surface area contributed by atoms with Crippen molar-refractivity contribution in [3.63, 3.8) is 0 Å². The number of aliphatic hydroxyl groups is 2. The highest BCUT2D eigenvalue weighted by atomic mass is 19.1. The Balaban J connectivity index is 2.15. The molecule has 2 heterocycles. The van der Waals surface area contributed by atoms with Gasteiger partial charge >= 0.3 is 5.97 Å². The third-order valence-electron chi connectivity index (χ3n) is 4.02. The molecule has 3 N–H and O–H groups in total. The molecule has 0 aromatic heterocycles. The lowest BCUT2D eigenvalue weighted by Gasteiger charge is -2.38. The second kappa shape index (κ2) is 7.46. The Kier molecular flexibility index (Phi) is 5.76. The number of ether oxygens (including phenoxy) is 2. The lowest BCUT2D eigenvalue weighted by atomic mass is 9.97. The maximum Gasteiger partial charge on any atom is 0.306 e. The second-order valence-electron chi connectivity index (χ2n) is 6.12. The van der Waals surface area contributed by atoms with Crippen LogP contribution in [0, 0.1) is 0 Å². The topological polar surface area (TPSA) is 125 Å². The van der Waals surface area contributed by atoms with Gasteiger partial charge in [0.15, 0.2) is 18.0 Å². The smallest absolute Gasteiger partial charge is 0.306 e. The number of nitrogens with one attached hydrogen (secondary N) is 1. The van der Waals surface area contributed by atoms with E-state index in [1.54, 1.807) is 0 Å². The number of amides is 1. The molecule has 0 aromatic carbocycles. The van der Waals surface area contributed by atoms with Crippen LogP contribution in [0.4, 0.5) is 4.39 Å². The summed E-state index contributed by atoms with van der Waals surface area (Å²) >= 11 is 0. The summed E-state index contributed by atoms with van der Waals surface area (Å²) in [5.74, 6) is -1.57. The fourth-order valence-corrected chi connectivity index (χ4v) is 2.74. The van der Waals surface area contributed by atoms with Gasteiger partial charge in [-0.25, -0.2) is 4.39 Å². The molecule has 2 aliphatic rings. The highest BCUT2D eigenvalue weighted by Gasteiger charge is 2.59. The van der Waals surface area contributed by atoms with E-state index >= 15 is 4.39 Å². The van der Waals surface area contributed by atoms with Gasteiger partial charge in [-0.3, -0.25) is 9.59 Å². The van der Waals surface area contributed by atoms with Crippen LogP contribution in [0.3, 0.4) is 0 Å². The predicted octanol–water partition coefficient (Wildman–Crippen LogP) is -1.07. The highest BCUT2D eigenvalue weighted by molar-refractivity contribution is 5.88. The third-order valence-corrected chi connectivity index (χ3v) is 4.02. The first-order valence-electron chi connectivity index (χ1n) is 7.75. The summed E-state index contributed by atoms with van der Waals surface area (Å²) in [4.78, 5) is 35.0. The molecule has 1 amide bonds. The number of alkyl halides is 1. The van der Waals surface area contributed by atoms with Gasteiger partial charge in [-0.2, -0.15) is 0 Å². The molecule has 25 heavy (non-hydrogen) atoms. The SMILES string of the molecule is CC(=O)CCC(=O)OC1C(CO)OC(N2C=CC(=O)NC2O)C1(C)F. The molecule has 140 valence electrons. The van der Waals surface area contributed by atoms with Crippen LogP contribution in [0.5, 0.6) is 0 Å². The molecule has 1 fully saturated rings. The van der Waals surface area contributed by atoms with Crippen molar-refractivity contribution in [1.29, 1.82) is 0 Å². The lowest BCUT2D eigenvalue weighted by Crippen LogP contribution is -2.58. The minimum atomic E-state index is -2.30. The summed E-state index contributed by atoms with van der Waals surface area (Å²) in [5, 5.41) is 21.5. The van der Waals surface area contributed by atoms with Crippen molar-refractivity contribution in [2.24, 2.45) is 0 Å². The molecule has 5 unspecified atom stereocenters. The van der Waals surface area contributed by atoms with Gasteiger partial charge in [-0.15, -0.1) is 0 Å². The summed E-state index contributed by atoms with van der Waals surface area (Å²) in [7, 11) is 0. The molecular formula is C15H21FN2O7. The van der Waals surface area contributed by atoms with Gasteiger partial charge in [0, 0.05) is 18.7 Å². The minimum absolute atomic E-state index is 0.0394. The Bertz CT molecular complexity index is 580. The van der Waals surface area contributed by atoms with Crippen LogP contribution in [0.25, 0.3) is 0 Å². The monoisotopic (exact) mass is 360 g/mol. The first-order valence-corrected chi connectivity index (χ1v) is 7.75. The van der Waals surface area contributed by atoms with E-state index in [-0.39, 0.29) is 18.6 Å². The molecule has 9 nitrogen and oxygen atoms in total. The van der Waals surface area contributed by atoms with Gasteiger partial charge in [0.1, 0.15) is 11.9 Å². The average Bonchev–Trinajstić information content (AvgIpc) is 2.76. The quantitative estimate of drug-likeness (QED) is 0.512. The van der Waals surface area contributed by atoms with Gasteiger partial charge < -0.3 is 34.7 Å². The molecular weight excluding hydrogens is 339 g/mol. The Morgan fingerprint density at radius 2 is 2.16 bits per heavy atom. The van der Waals surface area contributed by atoms with Crippen molar-refractivity contribution < 1.29 is 38.5 Å². The van der Waals surface area contributed by atoms with Crippen molar-refractivity contribution in [2.45, 2.75) is 57.1 Å². The number of halogens is 1. The first kappa shape index (κ1) is 19.3. The predicted molar refractivity (Wildman–Crippen MR) is 80.2 cm³/mol. The number of carbonyl (C=O) groups is 3. The Morgan fingerprint density at radius 1 is 1.48 bits per heavy atom. The first-order chi connectivity index (χ1) is 11.7. The fraction of sp³-hybridized carbons (Fsp3) is 0.667. The summed E-state index contributed by atoms with van der Waals surface area (Å²) in [5.41, 5.74) is -2.30. The van der Waals surface area contributed by atoms with Gasteiger partial charge in [-0.1, -0.05) is 0 Å². The molecule has 0 aliphatic carbocycles. The second-order valence-corrected chi connectivity index (χ2v) is 6.12. The van der Waals surface area contributed by atoms with Crippen molar-refractivity contribution in [1.82, 2.24) is 10.2 Å². The number of nitrogens with zero attached hydrogens (tertiary/aromatic N) is 1. The van der Waals surface area contributed by atoms with E-state index in [0.717, 1.165) is 24.1 Å². The van der Waals surface area contributed by atoms with Crippen LogP contribution in [-0.2, 0) is 23.9 Å². The molecule has 1 saturated heterocycles. The van der Waals surface area contributed by atoms with E-state index < -0.39 is 48.9 Å². The molecule has 5 atom stereocenters. The van der Waals surface area contributed by atoms with Crippen LogP contribution in [0.15, 0.2) is 12.3 Å². The molecule has 2 aliphatic heterocycles. The zero-order chi connectivity index (χ0) is 18.8. The van der Waals surface area contributed by atoms with E-state index in [0.29, 0.717) is 0 Å². The van der Waals surface area contributed by atoms with Crippen molar-refractivity contribution >= 4 is 17.7 Å². The summed E-state index contributed by atoms with van der Waals surface area (Å²) < 4.78 is 25.8. The number of rotatable bonds is 6. The minimum Gasteiger partial charge on any atom is -0.456 e. The summed E-state index contributed by atoms with van der Waals surface area (Å²) in [6.07, 6.45) is -3.59. The summed E-state index contributed by atoms with van der Waals surface area (Å²) in [6, 6.07) is 0. The molecule has 0 radical (unpaired) electrons. The number of Topliss-reactive ketones (excluding diaryl/α,β-unsaturated/α-hetero) is 1. The van der Waals surface area contributed by atoms with Gasteiger partial charge in [0.25, 0.3) is 0 Å². The van der Waals surface area contributed by atoms with Crippen molar-refractivity contribution in [2.75, 3.05) is 6.61 Å². The number of aliphatic hydroxyl groups excluding tert-OH is 2. The van der Waals surface area contributed by atoms with E-state index in [2.05, 4.69) is 5.32 Å².